The van der Waals surface area contributed by atoms with Gasteiger partial charge in [-0.2, -0.15) is 0 Å². The van der Waals surface area contributed by atoms with E-state index in [0.717, 1.165) is 40.1 Å². The topological polar surface area (TPSA) is 228 Å². The normalized spacial score (nSPS) is 36.5. The predicted molar refractivity (Wildman–Crippen MR) is 318 cm³/mol. The number of methoxy groups -OCH3 is 2. The van der Waals surface area contributed by atoms with Crippen molar-refractivity contribution in [3.8, 4) is 22.3 Å². The van der Waals surface area contributed by atoms with Crippen LogP contribution in [0.4, 0.5) is 0 Å². The number of cyclic esters (lactones) is 1. The van der Waals surface area contributed by atoms with E-state index in [2.05, 4.69) is 35.7 Å². The molecule has 4 N–H and O–H groups in total. The van der Waals surface area contributed by atoms with Crippen LogP contribution in [0.1, 0.15) is 120 Å². The van der Waals surface area contributed by atoms with Gasteiger partial charge in [-0.25, -0.2) is 0 Å². The smallest absolute Gasteiger partial charge is 0.312 e. The molecule has 2 unspecified atom stereocenters. The number of oxime groups is 1. The summed E-state index contributed by atoms with van der Waals surface area (Å²) in [4.78, 5) is 37.9. The van der Waals surface area contributed by atoms with Gasteiger partial charge in [-0.1, -0.05) is 101 Å². The van der Waals surface area contributed by atoms with Crippen molar-refractivity contribution < 1.29 is 77.5 Å². The summed E-state index contributed by atoms with van der Waals surface area (Å²) in [5, 5.41) is 54.3. The van der Waals surface area contributed by atoms with E-state index in [9.17, 15) is 25.2 Å². The fourth-order valence-corrected chi connectivity index (χ4v) is 13.6. The van der Waals surface area contributed by atoms with Crippen LogP contribution in [0, 0.1) is 29.1 Å². The number of carbonyl (C=O) groups excluding carboxylic acids is 2. The third-order valence-corrected chi connectivity index (χ3v) is 18.3. The van der Waals surface area contributed by atoms with Gasteiger partial charge in [0.15, 0.2) is 18.7 Å². The first kappa shape index (κ1) is 67.4. The Labute approximate surface area is 502 Å². The number of halogens is 1. The van der Waals surface area contributed by atoms with Crippen molar-refractivity contribution >= 4 is 29.3 Å². The lowest BCUT2D eigenvalue weighted by molar-refractivity contribution is -0.318. The second kappa shape index (κ2) is 28.0. The standard InChI is InChI=1S/C64H96ClN3O16/c1-17-48-64(12,74)56(70)38(4)53(66-78-35-77-28-27-75-15)36(2)31-62(10,73)58(39(5)54(40(6)59(72)81-48)83-50-33-63(11,76-16)57(71)41(7)80-50)84-60-55(46(67(13)14)29-37(3)79-60)82-49(69)30-45-51(43-23-25-44(65)26-24-43)52(42-21-19-18-20-22-42)47-32-61(8,9)34-68(45)47/h18-26,36-41,46,48,50,54-58,60,70-71,73-74H,17,27-35H2,1-16H3/t36-,37-,38+,39+,40-,41+,46+,48-,50?,54+,55-,56-,57+,58-,60?,62-,63-,64-/m1/s1. The molecule has 7 rings (SSSR count). The summed E-state index contributed by atoms with van der Waals surface area (Å²) in [6.45, 7) is 22.4. The number of fused-ring (bicyclic) bond motifs is 1. The molecule has 3 saturated heterocycles. The molecule has 3 aromatic rings. The van der Waals surface area contributed by atoms with E-state index in [-0.39, 0.29) is 50.2 Å². The maximum Gasteiger partial charge on any atom is 0.312 e. The number of aliphatic hydroxyl groups is 4. The van der Waals surface area contributed by atoms with Crippen LogP contribution in [0.25, 0.3) is 22.3 Å². The summed E-state index contributed by atoms with van der Waals surface area (Å²) in [6, 6.07) is 17.4. The number of aliphatic hydroxyl groups excluding tert-OH is 2. The van der Waals surface area contributed by atoms with Crippen molar-refractivity contribution in [2.75, 3.05) is 48.3 Å². The van der Waals surface area contributed by atoms with Crippen LogP contribution < -0.4 is 0 Å². The number of likely N-dealkylation sites (N-methyl/N-ethyl adjacent to an activating group) is 1. The predicted octanol–water partition coefficient (Wildman–Crippen LogP) is 8.37. The number of esters is 2. The lowest BCUT2D eigenvalue weighted by atomic mass is 9.73. The molecule has 3 fully saturated rings. The molecule has 19 nitrogen and oxygen atoms in total. The summed E-state index contributed by atoms with van der Waals surface area (Å²) in [6.07, 6.45) is -9.80. The molecule has 470 valence electrons. The number of nitrogens with zero attached hydrogens (tertiary/aromatic N) is 3. The molecule has 0 spiro atoms. The fraction of sp³-hybridized carbons (Fsp3) is 0.703. The van der Waals surface area contributed by atoms with E-state index in [1.807, 2.05) is 75.3 Å². The summed E-state index contributed by atoms with van der Waals surface area (Å²) < 4.78 is 59.3. The Morgan fingerprint density at radius 2 is 1.51 bits per heavy atom. The molecule has 0 bridgehead atoms. The van der Waals surface area contributed by atoms with Crippen LogP contribution in [-0.4, -0.2) is 180 Å². The minimum atomic E-state index is -2.03. The van der Waals surface area contributed by atoms with Gasteiger partial charge in [-0.3, -0.25) is 9.59 Å². The highest BCUT2D eigenvalue weighted by atomic mass is 35.5. The van der Waals surface area contributed by atoms with Crippen LogP contribution in [0.15, 0.2) is 59.8 Å². The number of hydrogen-bond acceptors (Lipinski definition) is 18. The van der Waals surface area contributed by atoms with Gasteiger partial charge in [-0.15, -0.1) is 0 Å². The lowest BCUT2D eigenvalue weighted by Gasteiger charge is -2.49. The van der Waals surface area contributed by atoms with Gasteiger partial charge in [-0.05, 0) is 110 Å². The number of carbonyl (C=O) groups is 2. The van der Waals surface area contributed by atoms with Crippen LogP contribution in [0.2, 0.25) is 5.02 Å². The Kier molecular flexibility index (Phi) is 22.5. The molecule has 0 aliphatic carbocycles. The van der Waals surface area contributed by atoms with Crippen molar-refractivity contribution in [1.82, 2.24) is 9.47 Å². The number of ether oxygens (including phenoxy) is 9. The van der Waals surface area contributed by atoms with Crippen LogP contribution in [0.3, 0.4) is 0 Å². The monoisotopic (exact) mass is 1200 g/mol. The van der Waals surface area contributed by atoms with Gasteiger partial charge in [0.2, 0.25) is 6.79 Å². The zero-order valence-electron chi connectivity index (χ0n) is 52.3. The van der Waals surface area contributed by atoms with Crippen LogP contribution >= 0.6 is 11.6 Å². The molecule has 18 atom stereocenters. The summed E-state index contributed by atoms with van der Waals surface area (Å²) in [5.74, 6) is -5.04. The molecule has 20 heteroatoms. The van der Waals surface area contributed by atoms with Crippen molar-refractivity contribution in [1.29, 1.82) is 0 Å². The average Bonchev–Trinajstić information content (AvgIpc) is 1.64. The van der Waals surface area contributed by atoms with Crippen molar-refractivity contribution in [2.24, 2.45) is 34.2 Å². The minimum Gasteiger partial charge on any atom is -0.459 e. The molecule has 2 aromatic carbocycles. The molecule has 5 heterocycles. The first-order valence-corrected chi connectivity index (χ1v) is 30.2. The van der Waals surface area contributed by atoms with E-state index in [0.29, 0.717) is 24.6 Å². The summed E-state index contributed by atoms with van der Waals surface area (Å²) in [5.41, 5.74) is 0.938. The number of benzene rings is 2. The summed E-state index contributed by atoms with van der Waals surface area (Å²) in [7, 11) is 6.86. The maximum absolute atomic E-state index is 15.3. The van der Waals surface area contributed by atoms with E-state index in [1.54, 1.807) is 55.6 Å². The molecule has 1 aromatic heterocycles. The second-order valence-electron chi connectivity index (χ2n) is 25.8. The third-order valence-electron chi connectivity index (χ3n) is 18.1. The van der Waals surface area contributed by atoms with Crippen molar-refractivity contribution in [3.63, 3.8) is 0 Å². The molecule has 84 heavy (non-hydrogen) atoms. The molecule has 0 saturated carbocycles. The van der Waals surface area contributed by atoms with Crippen molar-refractivity contribution in [2.45, 2.75) is 212 Å². The Balaban J connectivity index is 1.34. The first-order chi connectivity index (χ1) is 39.5. The zero-order chi connectivity index (χ0) is 61.8. The molecule has 0 radical (unpaired) electrons. The first-order valence-electron chi connectivity index (χ1n) is 29.8. The van der Waals surface area contributed by atoms with Gasteiger partial charge in [0.05, 0.1) is 79.0 Å². The van der Waals surface area contributed by atoms with E-state index in [1.165, 1.54) is 14.0 Å². The quantitative estimate of drug-likeness (QED) is 0.0406. The molecule has 4 aliphatic rings. The zero-order valence-corrected chi connectivity index (χ0v) is 53.1. The molecular weight excluding hydrogens is 1100 g/mol. The average molecular weight is 1200 g/mol. The third kappa shape index (κ3) is 15.1. The van der Waals surface area contributed by atoms with Gasteiger partial charge in [0.1, 0.15) is 17.8 Å². The highest BCUT2D eigenvalue weighted by Gasteiger charge is 2.54. The Hall–Kier alpha value is -4.06. The minimum absolute atomic E-state index is 0.0467. The molecule has 4 aliphatic heterocycles. The van der Waals surface area contributed by atoms with Crippen molar-refractivity contribution in [3.05, 3.63) is 71.0 Å². The fourth-order valence-electron chi connectivity index (χ4n) is 13.4. The van der Waals surface area contributed by atoms with Gasteiger partial charge < -0.3 is 77.4 Å². The highest BCUT2D eigenvalue weighted by Crippen LogP contribution is 2.48. The maximum atomic E-state index is 15.3. The lowest BCUT2D eigenvalue weighted by Crippen LogP contribution is -2.61. The molecule has 0 amide bonds. The Morgan fingerprint density at radius 1 is 0.845 bits per heavy atom. The number of rotatable bonds is 18. The van der Waals surface area contributed by atoms with Gasteiger partial charge in [0, 0.05) is 72.5 Å². The highest BCUT2D eigenvalue weighted by molar-refractivity contribution is 6.30. The number of aromatic nitrogens is 1. The van der Waals surface area contributed by atoms with E-state index < -0.39 is 120 Å². The van der Waals surface area contributed by atoms with Crippen LogP contribution in [-0.2, 0) is 76.4 Å². The van der Waals surface area contributed by atoms with Gasteiger partial charge in [0.25, 0.3) is 0 Å². The largest absolute Gasteiger partial charge is 0.459 e. The van der Waals surface area contributed by atoms with Gasteiger partial charge >= 0.3 is 11.9 Å². The second-order valence-corrected chi connectivity index (χ2v) is 26.3. The SMILES string of the molecule is CC[C@H]1OC(=O)[C@H](C)[C@@H](OC2C[C@@](C)(OC)[C@@H](O)[C@H](C)O2)[C@H](C)[C@@H](OC2O[C@H](C)C[C@H](N(C)C)[C@H]2OC(=O)Cc2c(-c3ccc(Cl)cc3)c(-c3ccccc3)c3n2CC(C)(C)C3)[C@](C)(O)C[C@@H](C)C(=NOCOCCOC)[C@H](C)[C@@H](O)[C@]1(C)O. The van der Waals surface area contributed by atoms with E-state index in [4.69, 9.17) is 59.1 Å². The number of hydrogen-bond donors (Lipinski definition) is 4. The molecular formula is C64H96ClN3O16. The van der Waals surface area contributed by atoms with E-state index >= 15 is 4.79 Å². The van der Waals surface area contributed by atoms with Crippen LogP contribution in [0.5, 0.6) is 0 Å². The Bertz CT molecular complexity index is 2680. The Morgan fingerprint density at radius 3 is 2.14 bits per heavy atom. The summed E-state index contributed by atoms with van der Waals surface area (Å²) >= 11 is 6.49.